The molecule has 1 heterocycles. The van der Waals surface area contributed by atoms with E-state index in [2.05, 4.69) is 0 Å². The fourth-order valence-electron chi connectivity index (χ4n) is 4.34. The zero-order valence-electron chi connectivity index (χ0n) is 9.86. The fraction of sp³-hybridized carbons (Fsp3) is 0.857. The van der Waals surface area contributed by atoms with Crippen molar-refractivity contribution >= 4 is 11.4 Å². The van der Waals surface area contributed by atoms with Crippen molar-refractivity contribution in [3.63, 3.8) is 0 Å². The van der Waals surface area contributed by atoms with Gasteiger partial charge in [-0.05, 0) is 43.9 Å². The summed E-state index contributed by atoms with van der Waals surface area (Å²) in [7, 11) is 0. The summed E-state index contributed by atoms with van der Waals surface area (Å²) in [5.74, 6) is 1.98. The quantitative estimate of drug-likeness (QED) is 0.594. The molecular formula is C14H20N2. The highest BCUT2D eigenvalue weighted by molar-refractivity contribution is 6.44. The molecule has 0 bridgehead atoms. The minimum absolute atomic E-state index is 0.566. The predicted octanol–water partition coefficient (Wildman–Crippen LogP) is 3.01. The second kappa shape index (κ2) is 3.41. The van der Waals surface area contributed by atoms with Crippen LogP contribution >= 0.6 is 0 Å². The molecule has 0 radical (unpaired) electrons. The lowest BCUT2D eigenvalue weighted by Crippen LogP contribution is -2.39. The van der Waals surface area contributed by atoms with E-state index in [9.17, 15) is 0 Å². The van der Waals surface area contributed by atoms with Gasteiger partial charge in [-0.15, -0.1) is 0 Å². The van der Waals surface area contributed by atoms with Gasteiger partial charge in [0.15, 0.2) is 0 Å². The van der Waals surface area contributed by atoms with Gasteiger partial charge in [-0.1, -0.05) is 19.3 Å². The first-order valence-electron chi connectivity index (χ1n) is 7.04. The van der Waals surface area contributed by atoms with Crippen LogP contribution in [0.15, 0.2) is 9.98 Å². The summed E-state index contributed by atoms with van der Waals surface area (Å²) in [5, 5.41) is 0. The van der Waals surface area contributed by atoms with Crippen LogP contribution in [0.5, 0.6) is 0 Å². The van der Waals surface area contributed by atoms with E-state index in [1.54, 1.807) is 0 Å². The maximum absolute atomic E-state index is 5.01. The van der Waals surface area contributed by atoms with Crippen LogP contribution in [0.4, 0.5) is 0 Å². The first-order chi connectivity index (χ1) is 7.90. The summed E-state index contributed by atoms with van der Waals surface area (Å²) >= 11 is 0. The van der Waals surface area contributed by atoms with Crippen LogP contribution < -0.4 is 0 Å². The first-order valence-corrected chi connectivity index (χ1v) is 7.04. The van der Waals surface area contributed by atoms with Gasteiger partial charge >= 0.3 is 0 Å². The molecular weight excluding hydrogens is 196 g/mol. The molecule has 4 aliphatic rings. The highest BCUT2D eigenvalue weighted by atomic mass is 15.0. The average molecular weight is 216 g/mol. The molecule has 3 fully saturated rings. The minimum Gasteiger partial charge on any atom is -0.282 e. The zero-order valence-corrected chi connectivity index (χ0v) is 9.86. The Morgan fingerprint density at radius 2 is 1.31 bits per heavy atom. The molecule has 0 aromatic carbocycles. The normalized spacial score (nSPS) is 45.5. The molecule has 0 amide bonds. The molecule has 1 aliphatic heterocycles. The van der Waals surface area contributed by atoms with Gasteiger partial charge in [0, 0.05) is 0 Å². The highest BCUT2D eigenvalue weighted by Gasteiger charge is 2.41. The lowest BCUT2D eigenvalue weighted by Gasteiger charge is -2.37. The van der Waals surface area contributed by atoms with E-state index in [-0.39, 0.29) is 0 Å². The molecule has 4 rings (SSSR count). The molecule has 3 saturated carbocycles. The lowest BCUT2D eigenvalue weighted by atomic mass is 9.76. The number of aliphatic imine (C=N–C) groups is 2. The van der Waals surface area contributed by atoms with Crippen molar-refractivity contribution in [2.45, 2.75) is 63.5 Å². The molecule has 2 nitrogen and oxygen atoms in total. The third kappa shape index (κ3) is 1.31. The van der Waals surface area contributed by atoms with E-state index >= 15 is 0 Å². The van der Waals surface area contributed by atoms with E-state index in [0.29, 0.717) is 12.1 Å². The maximum Gasteiger partial charge on any atom is 0.0729 e. The van der Waals surface area contributed by atoms with Gasteiger partial charge < -0.3 is 0 Å². The Balaban J connectivity index is 1.63. The second-order valence-electron chi connectivity index (χ2n) is 6.06. The summed E-state index contributed by atoms with van der Waals surface area (Å²) < 4.78 is 0. The second-order valence-corrected chi connectivity index (χ2v) is 6.06. The molecule has 0 aromatic heterocycles. The molecule has 4 unspecified atom stereocenters. The monoisotopic (exact) mass is 216 g/mol. The topological polar surface area (TPSA) is 24.7 Å². The van der Waals surface area contributed by atoms with Crippen molar-refractivity contribution in [2.24, 2.45) is 21.8 Å². The molecule has 86 valence electrons. The van der Waals surface area contributed by atoms with Crippen LogP contribution in [0.3, 0.4) is 0 Å². The molecule has 0 saturated heterocycles. The van der Waals surface area contributed by atoms with Gasteiger partial charge in [0.1, 0.15) is 0 Å². The standard InChI is InChI=1S/C14H20N2/c1-3-9-7-13-14(8-10(9)4-1)16-12-6-2-5-11(12)15-13/h9-10,13-14H,1-8H2. The Morgan fingerprint density at radius 1 is 0.750 bits per heavy atom. The molecule has 0 aromatic rings. The van der Waals surface area contributed by atoms with Crippen LogP contribution in [0.2, 0.25) is 0 Å². The van der Waals surface area contributed by atoms with Crippen molar-refractivity contribution in [3.05, 3.63) is 0 Å². The van der Waals surface area contributed by atoms with Gasteiger partial charge in [-0.2, -0.15) is 0 Å². The number of rotatable bonds is 0. The summed E-state index contributed by atoms with van der Waals surface area (Å²) in [4.78, 5) is 10.0. The van der Waals surface area contributed by atoms with Gasteiger partial charge in [0.2, 0.25) is 0 Å². The SMILES string of the molecule is C1CC2=NC3CC4CCCC4CC3N=C2C1. The van der Waals surface area contributed by atoms with E-state index in [1.807, 2.05) is 0 Å². The predicted molar refractivity (Wildman–Crippen MR) is 66.4 cm³/mol. The molecule has 4 atom stereocenters. The van der Waals surface area contributed by atoms with Gasteiger partial charge in [-0.25, -0.2) is 0 Å². The number of hydrogen-bond acceptors (Lipinski definition) is 2. The summed E-state index contributed by atoms with van der Waals surface area (Å²) in [6.07, 6.45) is 10.8. The van der Waals surface area contributed by atoms with Gasteiger partial charge in [0.05, 0.1) is 23.5 Å². The Kier molecular flexibility index (Phi) is 2.00. The molecule has 16 heavy (non-hydrogen) atoms. The number of hydrogen-bond donors (Lipinski definition) is 0. The van der Waals surface area contributed by atoms with Crippen molar-refractivity contribution in [3.8, 4) is 0 Å². The summed E-state index contributed by atoms with van der Waals surface area (Å²) in [6, 6.07) is 1.13. The van der Waals surface area contributed by atoms with Crippen molar-refractivity contribution < 1.29 is 0 Å². The highest BCUT2D eigenvalue weighted by Crippen LogP contribution is 2.45. The third-order valence-electron chi connectivity index (χ3n) is 5.15. The number of fused-ring (bicyclic) bond motifs is 3. The van der Waals surface area contributed by atoms with E-state index in [0.717, 1.165) is 11.8 Å². The lowest BCUT2D eigenvalue weighted by molar-refractivity contribution is 0.225. The fourth-order valence-corrected chi connectivity index (χ4v) is 4.34. The molecule has 3 aliphatic carbocycles. The van der Waals surface area contributed by atoms with Crippen molar-refractivity contribution in [2.75, 3.05) is 0 Å². The summed E-state index contributed by atoms with van der Waals surface area (Å²) in [5.41, 5.74) is 2.75. The molecule has 0 spiro atoms. The average Bonchev–Trinajstić information content (AvgIpc) is 2.89. The Bertz CT molecular complexity index is 335. The van der Waals surface area contributed by atoms with Crippen LogP contribution in [-0.2, 0) is 0 Å². The molecule has 0 N–H and O–H groups in total. The Labute approximate surface area is 97.3 Å². The van der Waals surface area contributed by atoms with Crippen LogP contribution in [0.1, 0.15) is 51.4 Å². The van der Waals surface area contributed by atoms with E-state index < -0.39 is 0 Å². The van der Waals surface area contributed by atoms with Crippen molar-refractivity contribution in [1.82, 2.24) is 0 Å². The first kappa shape index (κ1) is 9.38. The maximum atomic E-state index is 5.01. The minimum atomic E-state index is 0.566. The molecule has 2 heteroatoms. The Hall–Kier alpha value is -0.660. The van der Waals surface area contributed by atoms with Crippen molar-refractivity contribution in [1.29, 1.82) is 0 Å². The number of nitrogens with zero attached hydrogens (tertiary/aromatic N) is 2. The van der Waals surface area contributed by atoms with E-state index in [1.165, 1.54) is 62.8 Å². The summed E-state index contributed by atoms with van der Waals surface area (Å²) in [6.45, 7) is 0. The third-order valence-corrected chi connectivity index (χ3v) is 5.15. The van der Waals surface area contributed by atoms with Gasteiger partial charge in [0.25, 0.3) is 0 Å². The zero-order chi connectivity index (χ0) is 10.5. The van der Waals surface area contributed by atoms with Crippen LogP contribution in [-0.4, -0.2) is 23.5 Å². The van der Waals surface area contributed by atoms with Crippen LogP contribution in [0.25, 0.3) is 0 Å². The van der Waals surface area contributed by atoms with Gasteiger partial charge in [-0.3, -0.25) is 9.98 Å². The van der Waals surface area contributed by atoms with E-state index in [4.69, 9.17) is 9.98 Å². The Morgan fingerprint density at radius 3 is 1.88 bits per heavy atom. The smallest absolute Gasteiger partial charge is 0.0729 e. The largest absolute Gasteiger partial charge is 0.282 e. The van der Waals surface area contributed by atoms with Crippen LogP contribution in [0, 0.1) is 11.8 Å².